The molecule has 0 radical (unpaired) electrons. The summed E-state index contributed by atoms with van der Waals surface area (Å²) in [6.45, 7) is 8.58. The van der Waals surface area contributed by atoms with Gasteiger partial charge in [0.1, 0.15) is 12.1 Å². The quantitative estimate of drug-likeness (QED) is 0.712. The van der Waals surface area contributed by atoms with Gasteiger partial charge < -0.3 is 19.4 Å². The molecule has 1 spiro atoms. The molecule has 1 aromatic rings. The molecular weight excluding hydrogens is 382 g/mol. The smallest absolute Gasteiger partial charge is 0.410 e. The Morgan fingerprint density at radius 1 is 1.13 bits per heavy atom. The summed E-state index contributed by atoms with van der Waals surface area (Å²) in [4.78, 5) is 42.9. The number of β-lactam (4-membered cyclic amide) rings is 1. The van der Waals surface area contributed by atoms with Gasteiger partial charge in [0.15, 0.2) is 0 Å². The van der Waals surface area contributed by atoms with E-state index in [1.54, 1.807) is 23.9 Å². The first kappa shape index (κ1) is 22.1. The Kier molecular flexibility index (Phi) is 5.85. The summed E-state index contributed by atoms with van der Waals surface area (Å²) in [6.07, 6.45) is 0.794. The predicted molar refractivity (Wildman–Crippen MR) is 114 cm³/mol. The van der Waals surface area contributed by atoms with E-state index >= 15 is 0 Å². The van der Waals surface area contributed by atoms with Crippen molar-refractivity contribution in [2.45, 2.75) is 52.2 Å². The van der Waals surface area contributed by atoms with Crippen molar-refractivity contribution in [3.63, 3.8) is 0 Å². The Labute approximate surface area is 179 Å². The minimum Gasteiger partial charge on any atom is -0.444 e. The van der Waals surface area contributed by atoms with Gasteiger partial charge in [0, 0.05) is 27.2 Å². The fourth-order valence-corrected chi connectivity index (χ4v) is 4.35. The number of benzene rings is 1. The molecule has 2 heterocycles. The number of nitrogens with zero attached hydrogens (tertiary/aromatic N) is 3. The summed E-state index contributed by atoms with van der Waals surface area (Å²) in [6, 6.07) is 8.00. The molecule has 7 nitrogen and oxygen atoms in total. The molecule has 30 heavy (non-hydrogen) atoms. The SMILES string of the molecule is Cc1ccc(C2N(CC(=O)N(C)C)C(=O)C23CCN(C(=O)OC(C)(C)C)CC3)cc1. The van der Waals surface area contributed by atoms with E-state index in [2.05, 4.69) is 0 Å². The molecule has 2 fully saturated rings. The summed E-state index contributed by atoms with van der Waals surface area (Å²) in [5.41, 5.74) is 1.07. The van der Waals surface area contributed by atoms with Gasteiger partial charge in [-0.25, -0.2) is 4.79 Å². The van der Waals surface area contributed by atoms with Gasteiger partial charge in [-0.05, 0) is 46.1 Å². The van der Waals surface area contributed by atoms with Crippen LogP contribution in [0.3, 0.4) is 0 Å². The van der Waals surface area contributed by atoms with E-state index in [4.69, 9.17) is 4.74 Å². The van der Waals surface area contributed by atoms with Crippen LogP contribution < -0.4 is 0 Å². The van der Waals surface area contributed by atoms with Gasteiger partial charge in [0.05, 0.1) is 11.5 Å². The molecule has 0 bridgehead atoms. The Morgan fingerprint density at radius 3 is 2.20 bits per heavy atom. The highest BCUT2D eigenvalue weighted by Gasteiger charge is 2.62. The van der Waals surface area contributed by atoms with E-state index in [-0.39, 0.29) is 30.5 Å². The van der Waals surface area contributed by atoms with Crippen molar-refractivity contribution in [2.24, 2.45) is 5.41 Å². The second-order valence-electron chi connectivity index (χ2n) is 9.66. The fourth-order valence-electron chi connectivity index (χ4n) is 4.35. The largest absolute Gasteiger partial charge is 0.444 e. The van der Waals surface area contributed by atoms with Crippen LogP contribution in [0.2, 0.25) is 0 Å². The number of likely N-dealkylation sites (tertiary alicyclic amines) is 2. The Hall–Kier alpha value is -2.57. The molecule has 0 N–H and O–H groups in total. The molecule has 0 aromatic heterocycles. The van der Waals surface area contributed by atoms with E-state index in [1.807, 2.05) is 52.0 Å². The molecule has 1 atom stereocenters. The maximum atomic E-state index is 13.3. The van der Waals surface area contributed by atoms with Crippen molar-refractivity contribution < 1.29 is 19.1 Å². The minimum atomic E-state index is -0.569. The zero-order chi connectivity index (χ0) is 22.3. The maximum Gasteiger partial charge on any atom is 0.410 e. The van der Waals surface area contributed by atoms with Crippen molar-refractivity contribution in [3.8, 4) is 0 Å². The first-order valence-electron chi connectivity index (χ1n) is 10.5. The van der Waals surface area contributed by atoms with E-state index in [1.165, 1.54) is 4.90 Å². The molecule has 2 saturated heterocycles. The number of hydrogen-bond donors (Lipinski definition) is 0. The van der Waals surface area contributed by atoms with Crippen molar-refractivity contribution in [1.82, 2.24) is 14.7 Å². The lowest BCUT2D eigenvalue weighted by Gasteiger charge is -2.58. The maximum absolute atomic E-state index is 13.3. The summed E-state index contributed by atoms with van der Waals surface area (Å²) < 4.78 is 5.49. The number of likely N-dealkylation sites (N-methyl/N-ethyl adjacent to an activating group) is 1. The number of amides is 3. The molecule has 7 heteroatoms. The van der Waals surface area contributed by atoms with Gasteiger partial charge in [0.25, 0.3) is 0 Å². The molecular formula is C23H33N3O4. The van der Waals surface area contributed by atoms with Gasteiger partial charge in [-0.3, -0.25) is 9.59 Å². The lowest BCUT2D eigenvalue weighted by Crippen LogP contribution is -2.67. The van der Waals surface area contributed by atoms with Crippen LogP contribution in [0, 0.1) is 12.3 Å². The standard InChI is InChI=1S/C23H33N3O4/c1-16-7-9-17(10-8-16)19-23(20(28)26(19)15-18(27)24(5)6)11-13-25(14-12-23)21(29)30-22(2,3)4/h7-10,19H,11-15H2,1-6H3. The van der Waals surface area contributed by atoms with Gasteiger partial charge in [0.2, 0.25) is 11.8 Å². The third kappa shape index (κ3) is 4.16. The Morgan fingerprint density at radius 2 is 1.70 bits per heavy atom. The van der Waals surface area contributed by atoms with E-state index < -0.39 is 11.0 Å². The number of ether oxygens (including phenoxy) is 1. The highest BCUT2D eigenvalue weighted by Crippen LogP contribution is 2.56. The van der Waals surface area contributed by atoms with Crippen LogP contribution in [-0.2, 0) is 14.3 Å². The number of carbonyl (C=O) groups excluding carboxylic acids is 3. The number of rotatable bonds is 3. The molecule has 2 aliphatic heterocycles. The highest BCUT2D eigenvalue weighted by molar-refractivity contribution is 5.94. The van der Waals surface area contributed by atoms with Gasteiger partial charge >= 0.3 is 6.09 Å². The van der Waals surface area contributed by atoms with E-state index in [0.717, 1.165) is 11.1 Å². The number of aryl methyl sites for hydroxylation is 1. The van der Waals surface area contributed by atoms with Crippen LogP contribution in [0.15, 0.2) is 24.3 Å². The molecule has 3 rings (SSSR count). The second-order valence-corrected chi connectivity index (χ2v) is 9.66. The average molecular weight is 416 g/mol. The third-order valence-electron chi connectivity index (χ3n) is 6.03. The molecule has 2 aliphatic rings. The molecule has 3 amide bonds. The van der Waals surface area contributed by atoms with Crippen molar-refractivity contribution in [1.29, 1.82) is 0 Å². The third-order valence-corrected chi connectivity index (χ3v) is 6.03. The zero-order valence-corrected chi connectivity index (χ0v) is 18.9. The molecule has 1 unspecified atom stereocenters. The molecule has 0 aliphatic carbocycles. The Bertz CT molecular complexity index is 818. The van der Waals surface area contributed by atoms with Crippen LogP contribution in [0.25, 0.3) is 0 Å². The Balaban J connectivity index is 1.81. The first-order valence-corrected chi connectivity index (χ1v) is 10.5. The van der Waals surface area contributed by atoms with E-state index in [0.29, 0.717) is 25.9 Å². The fraction of sp³-hybridized carbons (Fsp3) is 0.609. The van der Waals surface area contributed by atoms with Crippen LogP contribution in [0.5, 0.6) is 0 Å². The summed E-state index contributed by atoms with van der Waals surface area (Å²) in [7, 11) is 3.39. The van der Waals surface area contributed by atoms with Crippen molar-refractivity contribution in [2.75, 3.05) is 33.7 Å². The monoisotopic (exact) mass is 415 g/mol. The second kappa shape index (κ2) is 7.93. The lowest BCUT2D eigenvalue weighted by molar-refractivity contribution is -0.182. The molecule has 164 valence electrons. The number of carbonyl (C=O) groups is 3. The minimum absolute atomic E-state index is 0.00659. The molecule has 1 aromatic carbocycles. The average Bonchev–Trinajstić information content (AvgIpc) is 2.67. The normalized spacial score (nSPS) is 20.7. The summed E-state index contributed by atoms with van der Waals surface area (Å²) >= 11 is 0. The number of hydrogen-bond acceptors (Lipinski definition) is 4. The number of piperidine rings is 1. The van der Waals surface area contributed by atoms with Gasteiger partial charge in [-0.2, -0.15) is 0 Å². The van der Waals surface area contributed by atoms with Crippen molar-refractivity contribution >= 4 is 17.9 Å². The first-order chi connectivity index (χ1) is 13.9. The van der Waals surface area contributed by atoms with Crippen molar-refractivity contribution in [3.05, 3.63) is 35.4 Å². The van der Waals surface area contributed by atoms with Crippen LogP contribution in [-0.4, -0.2) is 71.9 Å². The van der Waals surface area contributed by atoms with Crippen LogP contribution in [0.1, 0.15) is 50.8 Å². The topological polar surface area (TPSA) is 70.2 Å². The van der Waals surface area contributed by atoms with Crippen LogP contribution in [0.4, 0.5) is 4.79 Å². The lowest BCUT2D eigenvalue weighted by atomic mass is 9.62. The summed E-state index contributed by atoms with van der Waals surface area (Å²) in [5.74, 6) is -0.0892. The highest BCUT2D eigenvalue weighted by atomic mass is 16.6. The van der Waals surface area contributed by atoms with E-state index in [9.17, 15) is 14.4 Å². The predicted octanol–water partition coefficient (Wildman–Crippen LogP) is 2.98. The van der Waals surface area contributed by atoms with Crippen LogP contribution >= 0.6 is 0 Å². The zero-order valence-electron chi connectivity index (χ0n) is 18.9. The van der Waals surface area contributed by atoms with Gasteiger partial charge in [-0.15, -0.1) is 0 Å². The molecule has 0 saturated carbocycles. The summed E-state index contributed by atoms with van der Waals surface area (Å²) in [5, 5.41) is 0. The van der Waals surface area contributed by atoms with Gasteiger partial charge in [-0.1, -0.05) is 29.8 Å².